The Kier molecular flexibility index (Phi) is 8.99. The molecule has 1 unspecified atom stereocenters. The summed E-state index contributed by atoms with van der Waals surface area (Å²) in [6.45, 7) is 7.68. The van der Waals surface area contributed by atoms with E-state index in [1.54, 1.807) is 24.3 Å². The number of rotatable bonds is 9. The summed E-state index contributed by atoms with van der Waals surface area (Å²) in [5.41, 5.74) is 3.24. The molecule has 0 radical (unpaired) electrons. The number of carbonyl (C=O) groups excluding carboxylic acids is 4. The van der Waals surface area contributed by atoms with Crippen LogP contribution in [0.4, 0.5) is 4.79 Å². The molecule has 2 aromatic rings. The van der Waals surface area contributed by atoms with Crippen molar-refractivity contribution in [2.24, 2.45) is 11.3 Å². The molecule has 0 aromatic heterocycles. The van der Waals surface area contributed by atoms with E-state index in [0.717, 1.165) is 18.2 Å². The molecule has 9 heteroatoms. The van der Waals surface area contributed by atoms with E-state index in [1.165, 1.54) is 0 Å². The van der Waals surface area contributed by atoms with Crippen LogP contribution >= 0.6 is 0 Å². The van der Waals surface area contributed by atoms with Gasteiger partial charge in [0, 0.05) is 25.1 Å². The highest BCUT2D eigenvalue weighted by Gasteiger charge is 2.43. The standard InChI is InChI=1S/C33H38N2O7/c1-19(2)16-24(29-26(36)17-33(3,4)18-27(29)37)34-15-14-25(31(39)40)35(32(41)42-5)30(38)28-22-12-8-6-10-20(22)21-11-7-9-13-23(21)28/h6-13,19,25,28,34H,14-18H2,1-5H3,(H,39,40). The van der Waals surface area contributed by atoms with Gasteiger partial charge >= 0.3 is 12.1 Å². The van der Waals surface area contributed by atoms with Crippen LogP contribution in [0.25, 0.3) is 11.1 Å². The quantitative estimate of drug-likeness (QED) is 0.313. The molecule has 2 amide bonds. The molecule has 222 valence electrons. The van der Waals surface area contributed by atoms with Gasteiger partial charge < -0.3 is 15.2 Å². The molecule has 1 atom stereocenters. The number of ether oxygens (including phenoxy) is 1. The lowest BCUT2D eigenvalue weighted by Crippen LogP contribution is -2.51. The van der Waals surface area contributed by atoms with Crippen molar-refractivity contribution in [2.75, 3.05) is 13.7 Å². The van der Waals surface area contributed by atoms with E-state index in [0.29, 0.717) is 28.1 Å². The number of carboxylic acids is 1. The largest absolute Gasteiger partial charge is 0.480 e. The van der Waals surface area contributed by atoms with Gasteiger partial charge in [0.1, 0.15) is 6.04 Å². The maximum Gasteiger partial charge on any atom is 0.417 e. The molecule has 2 aromatic carbocycles. The van der Waals surface area contributed by atoms with Gasteiger partial charge in [-0.2, -0.15) is 0 Å². The second-order valence-corrected chi connectivity index (χ2v) is 12.2. The lowest BCUT2D eigenvalue weighted by molar-refractivity contribution is -0.149. The summed E-state index contributed by atoms with van der Waals surface area (Å²) in [7, 11) is 1.10. The van der Waals surface area contributed by atoms with Crippen LogP contribution in [0.2, 0.25) is 0 Å². The number of nitrogens with one attached hydrogen (secondary N) is 1. The minimum atomic E-state index is -1.56. The summed E-state index contributed by atoms with van der Waals surface area (Å²) in [4.78, 5) is 66.3. The van der Waals surface area contributed by atoms with E-state index in [2.05, 4.69) is 5.32 Å². The number of Topliss-reactive ketones (excluding diaryl/α,β-unsaturated/α-hetero) is 2. The van der Waals surface area contributed by atoms with Crippen LogP contribution < -0.4 is 5.32 Å². The molecule has 0 heterocycles. The maximum atomic E-state index is 14.1. The van der Waals surface area contributed by atoms with Gasteiger partial charge in [0.15, 0.2) is 11.6 Å². The van der Waals surface area contributed by atoms with Gasteiger partial charge in [0.2, 0.25) is 5.91 Å². The normalized spacial score (nSPS) is 16.5. The molecule has 4 rings (SSSR count). The molecule has 9 nitrogen and oxygen atoms in total. The number of imide groups is 1. The fourth-order valence-corrected chi connectivity index (χ4v) is 6.02. The number of carboxylic acid groups (broad SMARTS) is 1. The minimum absolute atomic E-state index is 0.00505. The minimum Gasteiger partial charge on any atom is -0.480 e. The summed E-state index contributed by atoms with van der Waals surface area (Å²) in [6.07, 6.45) is -0.349. The van der Waals surface area contributed by atoms with Crippen LogP contribution in [0.3, 0.4) is 0 Å². The molecular formula is C33H38N2O7. The van der Waals surface area contributed by atoms with Gasteiger partial charge in [-0.3, -0.25) is 14.4 Å². The molecule has 2 aliphatic rings. The highest BCUT2D eigenvalue weighted by molar-refractivity contribution is 6.22. The number of allylic oxidation sites excluding steroid dienone is 2. The van der Waals surface area contributed by atoms with Crippen molar-refractivity contribution in [1.29, 1.82) is 0 Å². The van der Waals surface area contributed by atoms with Crippen molar-refractivity contribution in [2.45, 2.75) is 65.3 Å². The van der Waals surface area contributed by atoms with E-state index in [9.17, 15) is 29.1 Å². The van der Waals surface area contributed by atoms with E-state index in [-0.39, 0.29) is 48.9 Å². The molecule has 0 bridgehead atoms. The van der Waals surface area contributed by atoms with Gasteiger partial charge in [0.05, 0.1) is 18.6 Å². The van der Waals surface area contributed by atoms with Crippen molar-refractivity contribution in [3.63, 3.8) is 0 Å². The first kappa shape index (κ1) is 30.7. The Morgan fingerprint density at radius 1 is 0.976 bits per heavy atom. The topological polar surface area (TPSA) is 130 Å². The van der Waals surface area contributed by atoms with Crippen molar-refractivity contribution < 1.29 is 33.8 Å². The summed E-state index contributed by atoms with van der Waals surface area (Å²) < 4.78 is 4.91. The van der Waals surface area contributed by atoms with Crippen molar-refractivity contribution in [3.8, 4) is 11.1 Å². The second kappa shape index (κ2) is 12.3. The SMILES string of the molecule is COC(=O)N(C(=O)C1c2ccccc2-c2ccccc21)C(CCNC(CC(C)C)=C1C(=O)CC(C)(C)CC1=O)C(=O)O. The molecule has 0 aliphatic heterocycles. The third-order valence-electron chi connectivity index (χ3n) is 7.79. The zero-order valence-electron chi connectivity index (χ0n) is 24.7. The van der Waals surface area contributed by atoms with Gasteiger partial charge in [0.25, 0.3) is 0 Å². The predicted octanol–water partition coefficient (Wildman–Crippen LogP) is 5.09. The van der Waals surface area contributed by atoms with E-state index < -0.39 is 35.3 Å². The number of aliphatic carboxylic acids is 1. The Labute approximate surface area is 245 Å². The van der Waals surface area contributed by atoms with Crippen molar-refractivity contribution in [3.05, 3.63) is 70.9 Å². The summed E-state index contributed by atoms with van der Waals surface area (Å²) >= 11 is 0. The first-order chi connectivity index (χ1) is 19.9. The third kappa shape index (κ3) is 6.15. The Morgan fingerprint density at radius 3 is 1.98 bits per heavy atom. The number of nitrogens with zero attached hydrogens (tertiary/aromatic N) is 1. The fourth-order valence-electron chi connectivity index (χ4n) is 6.02. The third-order valence-corrected chi connectivity index (χ3v) is 7.79. The highest BCUT2D eigenvalue weighted by atomic mass is 16.5. The number of fused-ring (bicyclic) bond motifs is 3. The molecule has 2 aliphatic carbocycles. The molecule has 0 saturated heterocycles. The lowest BCUT2D eigenvalue weighted by Gasteiger charge is -2.31. The van der Waals surface area contributed by atoms with Crippen LogP contribution in [0.1, 0.15) is 70.4 Å². The number of methoxy groups -OCH3 is 1. The van der Waals surface area contributed by atoms with Crippen molar-refractivity contribution in [1.82, 2.24) is 10.2 Å². The summed E-state index contributed by atoms with van der Waals surface area (Å²) in [5, 5.41) is 13.4. The lowest BCUT2D eigenvalue weighted by atomic mass is 9.73. The van der Waals surface area contributed by atoms with E-state index >= 15 is 0 Å². The number of hydrogen-bond acceptors (Lipinski definition) is 7. The zero-order valence-corrected chi connectivity index (χ0v) is 24.7. The number of ketones is 2. The molecule has 1 fully saturated rings. The Morgan fingerprint density at radius 2 is 1.50 bits per heavy atom. The van der Waals surface area contributed by atoms with Crippen molar-refractivity contribution >= 4 is 29.5 Å². The number of hydrogen-bond donors (Lipinski definition) is 2. The maximum absolute atomic E-state index is 14.1. The zero-order chi connectivity index (χ0) is 30.8. The summed E-state index contributed by atoms with van der Waals surface area (Å²) in [6, 6.07) is 13.1. The van der Waals surface area contributed by atoms with Gasteiger partial charge in [-0.25, -0.2) is 14.5 Å². The summed E-state index contributed by atoms with van der Waals surface area (Å²) in [5.74, 6) is -3.32. The number of amides is 2. The van der Waals surface area contributed by atoms with Gasteiger partial charge in [-0.15, -0.1) is 0 Å². The monoisotopic (exact) mass is 574 g/mol. The van der Waals surface area contributed by atoms with Crippen LogP contribution in [-0.2, 0) is 23.9 Å². The average Bonchev–Trinajstić information content (AvgIpc) is 3.25. The first-order valence-electron chi connectivity index (χ1n) is 14.2. The van der Waals surface area contributed by atoms with E-state index in [4.69, 9.17) is 4.74 Å². The van der Waals surface area contributed by atoms with Crippen LogP contribution in [-0.4, -0.2) is 59.2 Å². The Balaban J connectivity index is 1.63. The molecule has 2 N–H and O–H groups in total. The predicted molar refractivity (Wildman–Crippen MR) is 157 cm³/mol. The van der Waals surface area contributed by atoms with Crippen LogP contribution in [0.15, 0.2) is 59.8 Å². The first-order valence-corrected chi connectivity index (χ1v) is 14.2. The fraction of sp³-hybridized carbons (Fsp3) is 0.424. The number of benzene rings is 2. The van der Waals surface area contributed by atoms with Gasteiger partial charge in [-0.1, -0.05) is 76.2 Å². The molecule has 0 spiro atoms. The van der Waals surface area contributed by atoms with Crippen LogP contribution in [0, 0.1) is 11.3 Å². The van der Waals surface area contributed by atoms with Gasteiger partial charge in [-0.05, 0) is 46.4 Å². The van der Waals surface area contributed by atoms with Crippen LogP contribution in [0.5, 0.6) is 0 Å². The number of carbonyl (C=O) groups is 5. The average molecular weight is 575 g/mol. The smallest absolute Gasteiger partial charge is 0.417 e. The Bertz CT molecular complexity index is 1390. The van der Waals surface area contributed by atoms with E-state index in [1.807, 2.05) is 52.0 Å². The molecular weight excluding hydrogens is 536 g/mol. The molecule has 1 saturated carbocycles. The second-order valence-electron chi connectivity index (χ2n) is 12.2. The molecule has 42 heavy (non-hydrogen) atoms. The highest BCUT2D eigenvalue weighted by Crippen LogP contribution is 2.45. The Hall–Kier alpha value is -4.27.